The van der Waals surface area contributed by atoms with E-state index in [4.69, 9.17) is 0 Å². The molecule has 7 nitrogen and oxygen atoms in total. The summed E-state index contributed by atoms with van der Waals surface area (Å²) in [4.78, 5) is 10.3. The average Bonchev–Trinajstić information content (AvgIpc) is 2.27. The van der Waals surface area contributed by atoms with Crippen LogP contribution in [0.4, 0.5) is 5.69 Å². The molecule has 0 spiro atoms. The minimum absolute atomic E-state index is 0.0144. The fraction of sp³-hybridized carbons (Fsp3) is 0.400. The number of para-hydroxylation sites is 1. The number of nitro benzene ring substituents is 1. The Bertz CT molecular complexity index is 515. The molecular weight excluding hydrogens is 260 g/mol. The van der Waals surface area contributed by atoms with Gasteiger partial charge in [-0.25, -0.2) is 5.14 Å². The molecule has 0 radical (unpaired) electrons. The van der Waals surface area contributed by atoms with Gasteiger partial charge in [-0.3, -0.25) is 14.3 Å². The quantitative estimate of drug-likeness (QED) is 0.455. The summed E-state index contributed by atoms with van der Waals surface area (Å²) in [5, 5.41) is 15.4. The predicted molar refractivity (Wildman–Crippen MR) is 65.1 cm³/mol. The van der Waals surface area contributed by atoms with Gasteiger partial charge in [-0.05, 0) is 19.3 Å². The van der Waals surface area contributed by atoms with Crippen molar-refractivity contribution in [3.05, 3.63) is 39.9 Å². The van der Waals surface area contributed by atoms with Crippen molar-refractivity contribution in [2.45, 2.75) is 19.3 Å². The molecule has 1 aromatic rings. The van der Waals surface area contributed by atoms with Crippen LogP contribution in [0.15, 0.2) is 24.3 Å². The largest absolute Gasteiger partial charge is 0.333 e. The number of hydrogen-bond acceptors (Lipinski definition) is 5. The second-order valence-electron chi connectivity index (χ2n) is 3.66. The average molecular weight is 274 g/mol. The highest BCUT2D eigenvalue weighted by Gasteiger charge is 2.11. The smallest absolute Gasteiger partial charge is 0.258 e. The third-order valence-electron chi connectivity index (χ3n) is 2.28. The second-order valence-corrected chi connectivity index (χ2v) is 4.88. The summed E-state index contributed by atoms with van der Waals surface area (Å²) < 4.78 is 25.3. The van der Waals surface area contributed by atoms with Gasteiger partial charge in [0.05, 0.1) is 11.5 Å². The summed E-state index contributed by atoms with van der Waals surface area (Å²) in [6.45, 7) is -0.0144. The lowest BCUT2D eigenvalue weighted by Gasteiger charge is -2.03. The number of nitrogens with two attached hydrogens (primary N) is 1. The van der Waals surface area contributed by atoms with Crippen LogP contribution < -0.4 is 5.14 Å². The molecule has 0 saturated carbocycles. The monoisotopic (exact) mass is 274 g/mol. The Morgan fingerprint density at radius 1 is 1.28 bits per heavy atom. The number of rotatable bonds is 7. The van der Waals surface area contributed by atoms with E-state index in [1.165, 1.54) is 6.07 Å². The molecule has 2 N–H and O–H groups in total. The van der Waals surface area contributed by atoms with Crippen LogP contribution in [0.1, 0.15) is 18.4 Å². The maximum Gasteiger partial charge on any atom is 0.333 e. The van der Waals surface area contributed by atoms with Gasteiger partial charge in [0.1, 0.15) is 0 Å². The van der Waals surface area contributed by atoms with Gasteiger partial charge in [0, 0.05) is 11.6 Å². The van der Waals surface area contributed by atoms with E-state index in [9.17, 15) is 18.5 Å². The summed E-state index contributed by atoms with van der Waals surface area (Å²) in [5.41, 5.74) is 0.697. The van der Waals surface area contributed by atoms with Gasteiger partial charge in [0.2, 0.25) is 0 Å². The number of nitrogens with zero attached hydrogens (tertiary/aromatic N) is 1. The number of nitro groups is 1. The number of aryl methyl sites for hydroxylation is 1. The van der Waals surface area contributed by atoms with Gasteiger partial charge in [0.25, 0.3) is 5.69 Å². The van der Waals surface area contributed by atoms with E-state index in [1.54, 1.807) is 18.2 Å². The lowest BCUT2D eigenvalue weighted by Crippen LogP contribution is -2.16. The molecule has 0 saturated heterocycles. The zero-order valence-electron chi connectivity index (χ0n) is 9.61. The maximum atomic E-state index is 10.7. The van der Waals surface area contributed by atoms with Crippen LogP contribution >= 0.6 is 0 Å². The third kappa shape index (κ3) is 5.21. The van der Waals surface area contributed by atoms with E-state index in [2.05, 4.69) is 9.32 Å². The molecule has 0 unspecified atom stereocenters. The van der Waals surface area contributed by atoms with E-state index >= 15 is 0 Å². The van der Waals surface area contributed by atoms with E-state index in [0.717, 1.165) is 0 Å². The highest BCUT2D eigenvalue weighted by Crippen LogP contribution is 2.19. The van der Waals surface area contributed by atoms with Crippen molar-refractivity contribution in [3.63, 3.8) is 0 Å². The Hall–Kier alpha value is -1.51. The topological polar surface area (TPSA) is 113 Å². The van der Waals surface area contributed by atoms with Crippen LogP contribution in [0.5, 0.6) is 0 Å². The van der Waals surface area contributed by atoms with Crippen molar-refractivity contribution < 1.29 is 17.5 Å². The highest BCUT2D eigenvalue weighted by molar-refractivity contribution is 7.84. The summed E-state index contributed by atoms with van der Waals surface area (Å²) in [5.74, 6) is 0. The van der Waals surface area contributed by atoms with E-state index < -0.39 is 15.2 Å². The molecule has 0 fully saturated rings. The number of hydrogen-bond donors (Lipinski definition) is 1. The van der Waals surface area contributed by atoms with Crippen LogP contribution in [0, 0.1) is 10.1 Å². The van der Waals surface area contributed by atoms with Gasteiger partial charge >= 0.3 is 10.3 Å². The summed E-state index contributed by atoms with van der Waals surface area (Å²) >= 11 is 0. The fourth-order valence-corrected chi connectivity index (χ4v) is 1.84. The molecule has 18 heavy (non-hydrogen) atoms. The molecule has 1 rings (SSSR count). The molecule has 1 aromatic carbocycles. The van der Waals surface area contributed by atoms with Gasteiger partial charge in [-0.1, -0.05) is 18.2 Å². The minimum atomic E-state index is -3.90. The van der Waals surface area contributed by atoms with Crippen LogP contribution in [0.3, 0.4) is 0 Å². The minimum Gasteiger partial charge on any atom is -0.258 e. The first-order chi connectivity index (χ1) is 8.40. The van der Waals surface area contributed by atoms with Crippen molar-refractivity contribution in [1.29, 1.82) is 0 Å². The second kappa shape index (κ2) is 6.43. The molecule has 8 heteroatoms. The number of unbranched alkanes of at least 4 members (excludes halogenated alkanes) is 1. The van der Waals surface area contributed by atoms with Crippen molar-refractivity contribution in [1.82, 2.24) is 0 Å². The van der Waals surface area contributed by atoms with Gasteiger partial charge < -0.3 is 0 Å². The third-order valence-corrected chi connectivity index (χ3v) is 2.77. The van der Waals surface area contributed by atoms with Gasteiger partial charge in [-0.15, -0.1) is 0 Å². The molecule has 0 aliphatic heterocycles. The maximum absolute atomic E-state index is 10.7. The first-order valence-electron chi connectivity index (χ1n) is 5.29. The standard InChI is InChI=1S/C10H14N2O5S/c11-18(15,16)17-8-4-3-6-9-5-1-2-7-10(9)12(13)14/h1-2,5,7H,3-4,6,8H2,(H2,11,15,16). The Morgan fingerprint density at radius 3 is 2.56 bits per heavy atom. The lowest BCUT2D eigenvalue weighted by molar-refractivity contribution is -0.385. The van der Waals surface area contributed by atoms with E-state index in [1.807, 2.05) is 0 Å². The number of benzene rings is 1. The summed E-state index contributed by atoms with van der Waals surface area (Å²) in [7, 11) is -3.90. The zero-order chi connectivity index (χ0) is 13.6. The van der Waals surface area contributed by atoms with Crippen LogP contribution in [0.25, 0.3) is 0 Å². The van der Waals surface area contributed by atoms with Crippen molar-refractivity contribution >= 4 is 16.0 Å². The zero-order valence-corrected chi connectivity index (χ0v) is 10.4. The fourth-order valence-electron chi connectivity index (χ4n) is 1.49. The predicted octanol–water partition coefficient (Wildman–Crippen LogP) is 1.14. The van der Waals surface area contributed by atoms with Crippen LogP contribution in [0.2, 0.25) is 0 Å². The summed E-state index contributed by atoms with van der Waals surface area (Å²) in [6.07, 6.45) is 1.54. The molecule has 0 aliphatic rings. The molecule has 0 amide bonds. The van der Waals surface area contributed by atoms with Crippen LogP contribution in [-0.2, 0) is 20.9 Å². The molecule has 100 valence electrons. The first-order valence-corrected chi connectivity index (χ1v) is 6.77. The SMILES string of the molecule is NS(=O)(=O)OCCCCc1ccccc1[N+](=O)[O-]. The van der Waals surface area contributed by atoms with Crippen molar-refractivity contribution in [3.8, 4) is 0 Å². The molecule has 0 atom stereocenters. The first kappa shape index (κ1) is 14.6. The van der Waals surface area contributed by atoms with Crippen LogP contribution in [-0.4, -0.2) is 19.9 Å². The normalized spacial score (nSPS) is 11.4. The highest BCUT2D eigenvalue weighted by atomic mass is 32.2. The van der Waals surface area contributed by atoms with E-state index in [0.29, 0.717) is 24.8 Å². The Balaban J connectivity index is 2.42. The molecule has 0 aliphatic carbocycles. The van der Waals surface area contributed by atoms with Gasteiger partial charge in [-0.2, -0.15) is 8.42 Å². The van der Waals surface area contributed by atoms with E-state index in [-0.39, 0.29) is 12.3 Å². The van der Waals surface area contributed by atoms with Crippen molar-refractivity contribution in [2.24, 2.45) is 5.14 Å². The summed E-state index contributed by atoms with van der Waals surface area (Å²) in [6, 6.07) is 6.45. The molecule has 0 heterocycles. The van der Waals surface area contributed by atoms with Crippen molar-refractivity contribution in [2.75, 3.05) is 6.61 Å². The molecular formula is C10H14N2O5S. The van der Waals surface area contributed by atoms with Gasteiger partial charge in [0.15, 0.2) is 0 Å². The Labute approximate surface area is 105 Å². The molecule has 0 aromatic heterocycles. The Morgan fingerprint density at radius 2 is 1.94 bits per heavy atom. The molecule has 0 bridgehead atoms. The lowest BCUT2D eigenvalue weighted by atomic mass is 10.1. The Kier molecular flexibility index (Phi) is 5.20.